The summed E-state index contributed by atoms with van der Waals surface area (Å²) < 4.78 is 10.3. The van der Waals surface area contributed by atoms with Crippen molar-refractivity contribution in [2.24, 2.45) is 0 Å². The van der Waals surface area contributed by atoms with Crippen molar-refractivity contribution in [3.05, 3.63) is 23.8 Å². The van der Waals surface area contributed by atoms with Crippen LogP contribution in [-0.2, 0) is 16.1 Å². The third-order valence-corrected chi connectivity index (χ3v) is 2.70. The molecule has 0 amide bonds. The van der Waals surface area contributed by atoms with Crippen LogP contribution in [0.25, 0.3) is 0 Å². The highest BCUT2D eigenvalue weighted by molar-refractivity contribution is 5.69. The Balaban J connectivity index is 2.75. The molecular formula is C14H21NO5. The Kier molecular flexibility index (Phi) is 6.83. The summed E-state index contributed by atoms with van der Waals surface area (Å²) in [6.07, 6.45) is 0. The minimum Gasteiger partial charge on any atom is -0.504 e. The summed E-state index contributed by atoms with van der Waals surface area (Å²) in [4.78, 5) is 12.6. The Morgan fingerprint density at radius 3 is 2.75 bits per heavy atom. The van der Waals surface area contributed by atoms with Gasteiger partial charge in [0.1, 0.15) is 0 Å². The van der Waals surface area contributed by atoms with E-state index in [1.165, 1.54) is 0 Å². The lowest BCUT2D eigenvalue weighted by atomic mass is 10.2. The van der Waals surface area contributed by atoms with Gasteiger partial charge in [-0.05, 0) is 24.6 Å². The molecule has 20 heavy (non-hydrogen) atoms. The van der Waals surface area contributed by atoms with E-state index in [9.17, 15) is 9.90 Å². The number of aromatic hydroxyl groups is 1. The summed E-state index contributed by atoms with van der Waals surface area (Å²) in [5.41, 5.74) is 0.878. The van der Waals surface area contributed by atoms with E-state index in [0.717, 1.165) is 5.56 Å². The number of benzene rings is 1. The van der Waals surface area contributed by atoms with Crippen molar-refractivity contribution in [2.75, 3.05) is 33.4 Å². The third kappa shape index (κ3) is 5.46. The van der Waals surface area contributed by atoms with Gasteiger partial charge in [-0.25, -0.2) is 0 Å². The summed E-state index contributed by atoms with van der Waals surface area (Å²) in [6, 6.07) is 5.02. The molecule has 2 N–H and O–H groups in total. The van der Waals surface area contributed by atoms with Crippen LogP contribution in [-0.4, -0.2) is 54.5 Å². The number of aliphatic carboxylic acids is 1. The second-order valence-electron chi connectivity index (χ2n) is 4.33. The van der Waals surface area contributed by atoms with E-state index < -0.39 is 5.97 Å². The second-order valence-corrected chi connectivity index (χ2v) is 4.33. The van der Waals surface area contributed by atoms with Crippen LogP contribution in [0.5, 0.6) is 11.5 Å². The number of hydrogen-bond acceptors (Lipinski definition) is 5. The Morgan fingerprint density at radius 1 is 1.40 bits per heavy atom. The van der Waals surface area contributed by atoms with Crippen LogP contribution in [0.4, 0.5) is 0 Å². The molecule has 0 aromatic heterocycles. The fourth-order valence-corrected chi connectivity index (χ4v) is 1.81. The first-order valence-corrected chi connectivity index (χ1v) is 6.44. The first kappa shape index (κ1) is 16.3. The van der Waals surface area contributed by atoms with Crippen molar-refractivity contribution in [2.45, 2.75) is 13.5 Å². The van der Waals surface area contributed by atoms with Gasteiger partial charge in [0.05, 0.1) is 19.8 Å². The van der Waals surface area contributed by atoms with Gasteiger partial charge < -0.3 is 19.7 Å². The van der Waals surface area contributed by atoms with Crippen LogP contribution in [0.15, 0.2) is 18.2 Å². The monoisotopic (exact) mass is 283 g/mol. The lowest BCUT2D eigenvalue weighted by Gasteiger charge is -2.20. The van der Waals surface area contributed by atoms with Crippen molar-refractivity contribution in [3.8, 4) is 11.5 Å². The minimum absolute atomic E-state index is 0.0613. The van der Waals surface area contributed by atoms with Gasteiger partial charge in [0.15, 0.2) is 11.5 Å². The van der Waals surface area contributed by atoms with E-state index >= 15 is 0 Å². The maximum absolute atomic E-state index is 10.8. The quantitative estimate of drug-likeness (QED) is 0.711. The lowest BCUT2D eigenvalue weighted by Crippen LogP contribution is -2.32. The van der Waals surface area contributed by atoms with Gasteiger partial charge in [-0.15, -0.1) is 0 Å². The maximum Gasteiger partial charge on any atom is 0.317 e. The minimum atomic E-state index is -0.884. The van der Waals surface area contributed by atoms with E-state index in [1.54, 1.807) is 30.2 Å². The maximum atomic E-state index is 10.8. The largest absolute Gasteiger partial charge is 0.504 e. The fraction of sp³-hybridized carbons (Fsp3) is 0.500. The zero-order valence-electron chi connectivity index (χ0n) is 11.8. The smallest absolute Gasteiger partial charge is 0.317 e. The molecule has 0 saturated heterocycles. The predicted octanol–water partition coefficient (Wildman–Crippen LogP) is 1.32. The molecular weight excluding hydrogens is 262 g/mol. The molecule has 0 aliphatic heterocycles. The molecule has 0 atom stereocenters. The zero-order chi connectivity index (χ0) is 15.0. The summed E-state index contributed by atoms with van der Waals surface area (Å²) in [5.74, 6) is -0.394. The lowest BCUT2D eigenvalue weighted by molar-refractivity contribution is -0.138. The molecule has 6 heteroatoms. The number of rotatable bonds is 9. The number of phenolic OH excluding ortho intramolecular Hbond substituents is 1. The molecule has 0 heterocycles. The van der Waals surface area contributed by atoms with Crippen LogP contribution in [0.3, 0.4) is 0 Å². The summed E-state index contributed by atoms with van der Waals surface area (Å²) >= 11 is 0. The fourth-order valence-electron chi connectivity index (χ4n) is 1.81. The first-order chi connectivity index (χ1) is 9.56. The van der Waals surface area contributed by atoms with Gasteiger partial charge in [-0.1, -0.05) is 6.07 Å². The Hall–Kier alpha value is -1.79. The number of phenols is 1. The molecule has 112 valence electrons. The molecule has 0 aliphatic carbocycles. The summed E-state index contributed by atoms with van der Waals surface area (Å²) in [5, 5.41) is 18.5. The first-order valence-electron chi connectivity index (χ1n) is 6.44. The van der Waals surface area contributed by atoms with Crippen molar-refractivity contribution >= 4 is 5.97 Å². The number of nitrogens with zero attached hydrogens (tertiary/aromatic N) is 1. The number of carboxylic acid groups (broad SMARTS) is 1. The molecule has 0 unspecified atom stereocenters. The SMILES string of the molecule is CCOc1cc(CN(CCOC)CC(=O)O)ccc1O. The average molecular weight is 283 g/mol. The Bertz CT molecular complexity index is 436. The molecule has 0 bridgehead atoms. The zero-order valence-corrected chi connectivity index (χ0v) is 11.8. The second kappa shape index (κ2) is 8.39. The van der Waals surface area contributed by atoms with Crippen LogP contribution < -0.4 is 4.74 Å². The Labute approximate surface area is 118 Å². The molecule has 1 aromatic rings. The number of ether oxygens (including phenoxy) is 2. The molecule has 1 aromatic carbocycles. The summed E-state index contributed by atoms with van der Waals surface area (Å²) in [7, 11) is 1.58. The van der Waals surface area contributed by atoms with Gasteiger partial charge in [0, 0.05) is 20.2 Å². The molecule has 0 fully saturated rings. The normalized spacial score (nSPS) is 10.8. The molecule has 0 saturated carbocycles. The average Bonchev–Trinajstić information content (AvgIpc) is 2.39. The van der Waals surface area contributed by atoms with Crippen LogP contribution in [0.1, 0.15) is 12.5 Å². The standard InChI is InChI=1S/C14H21NO5/c1-3-20-13-8-11(4-5-12(13)16)9-15(6-7-19-2)10-14(17)18/h4-5,8,16H,3,6-7,9-10H2,1-2H3,(H,17,18). The van der Waals surface area contributed by atoms with E-state index in [4.69, 9.17) is 14.6 Å². The topological polar surface area (TPSA) is 79.2 Å². The van der Waals surface area contributed by atoms with Crippen LogP contribution in [0, 0.1) is 0 Å². The predicted molar refractivity (Wildman–Crippen MR) is 74.1 cm³/mol. The van der Waals surface area contributed by atoms with Crippen LogP contribution >= 0.6 is 0 Å². The van der Waals surface area contributed by atoms with Crippen LogP contribution in [0.2, 0.25) is 0 Å². The highest BCUT2D eigenvalue weighted by Gasteiger charge is 2.12. The van der Waals surface area contributed by atoms with Gasteiger partial charge >= 0.3 is 5.97 Å². The number of methoxy groups -OCH3 is 1. The number of hydrogen-bond donors (Lipinski definition) is 2. The number of carbonyl (C=O) groups is 1. The van der Waals surface area contributed by atoms with E-state index in [-0.39, 0.29) is 12.3 Å². The molecule has 0 spiro atoms. The van der Waals surface area contributed by atoms with Gasteiger partial charge in [-0.3, -0.25) is 9.69 Å². The molecule has 0 aliphatic rings. The highest BCUT2D eigenvalue weighted by Crippen LogP contribution is 2.27. The molecule has 6 nitrogen and oxygen atoms in total. The van der Waals surface area contributed by atoms with Gasteiger partial charge in [-0.2, -0.15) is 0 Å². The van der Waals surface area contributed by atoms with Crippen molar-refractivity contribution in [1.82, 2.24) is 4.90 Å². The summed E-state index contributed by atoms with van der Waals surface area (Å²) in [6.45, 7) is 3.67. The highest BCUT2D eigenvalue weighted by atomic mass is 16.5. The van der Waals surface area contributed by atoms with E-state index in [1.807, 2.05) is 6.92 Å². The van der Waals surface area contributed by atoms with Crippen molar-refractivity contribution in [3.63, 3.8) is 0 Å². The van der Waals surface area contributed by atoms with E-state index in [2.05, 4.69) is 0 Å². The molecule has 0 radical (unpaired) electrons. The van der Waals surface area contributed by atoms with Crippen molar-refractivity contribution < 1.29 is 24.5 Å². The molecule has 1 rings (SSSR count). The number of carboxylic acids is 1. The van der Waals surface area contributed by atoms with Crippen molar-refractivity contribution in [1.29, 1.82) is 0 Å². The van der Waals surface area contributed by atoms with Gasteiger partial charge in [0.25, 0.3) is 0 Å². The Morgan fingerprint density at radius 2 is 2.15 bits per heavy atom. The van der Waals surface area contributed by atoms with Gasteiger partial charge in [0.2, 0.25) is 0 Å². The third-order valence-electron chi connectivity index (χ3n) is 2.70. The van der Waals surface area contributed by atoms with E-state index in [0.29, 0.717) is 32.1 Å².